The van der Waals surface area contributed by atoms with E-state index in [1.54, 1.807) is 105 Å². The number of ether oxygens (including phenoxy) is 8. The molecule has 7 aromatic rings. The monoisotopic (exact) mass is 1200 g/mol. The Morgan fingerprint density at radius 3 is 0.859 bits per heavy atom. The zero-order chi connectivity index (χ0) is 59.9. The fourth-order valence-corrected chi connectivity index (χ4v) is 9.52. The molecule has 4 amide bonds. The van der Waals surface area contributed by atoms with Crippen molar-refractivity contribution in [1.82, 2.24) is 19.9 Å². The maximum Gasteiger partial charge on any atom is 2.00 e. The fraction of sp³-hybridized carbons (Fsp3) is 0.250. The molecule has 1 radical (unpaired) electrons. The molecular formula is C64H64CoN8O12. The molecule has 20 nitrogen and oxygen atoms in total. The van der Waals surface area contributed by atoms with Gasteiger partial charge in [-0.25, -0.2) is 9.97 Å². The fourth-order valence-electron chi connectivity index (χ4n) is 9.52. The third kappa shape index (κ3) is 13.0. The van der Waals surface area contributed by atoms with Crippen LogP contribution in [0.2, 0.25) is 0 Å². The molecule has 21 heteroatoms. The number of aromatic nitrogens is 4. The average Bonchev–Trinajstić information content (AvgIpc) is 2.41. The van der Waals surface area contributed by atoms with Crippen molar-refractivity contribution in [1.29, 1.82) is 0 Å². The molecule has 4 N–H and O–H groups in total. The topological polar surface area (TPSA) is 244 Å². The first kappa shape index (κ1) is 62.0. The smallest absolute Gasteiger partial charge is 0.657 e. The van der Waals surface area contributed by atoms with Crippen molar-refractivity contribution in [3.05, 3.63) is 120 Å². The molecule has 0 unspecified atom stereocenters. The Morgan fingerprint density at radius 1 is 0.365 bits per heavy atom. The maximum atomic E-state index is 13.9. The summed E-state index contributed by atoms with van der Waals surface area (Å²) < 4.78 is 45.2. The van der Waals surface area contributed by atoms with Crippen molar-refractivity contribution in [3.63, 3.8) is 0 Å². The number of hydrogen-bond acceptors (Lipinski definition) is 14. The second kappa shape index (κ2) is 27.1. The van der Waals surface area contributed by atoms with Crippen LogP contribution in [0, 0.1) is 0 Å². The predicted molar refractivity (Wildman–Crippen MR) is 325 cm³/mol. The van der Waals surface area contributed by atoms with Crippen molar-refractivity contribution < 1.29 is 73.9 Å². The van der Waals surface area contributed by atoms with Gasteiger partial charge in [0.2, 0.25) is 0 Å². The van der Waals surface area contributed by atoms with Crippen LogP contribution < -0.4 is 50.2 Å². The standard InChI is InChI=1S/C64H66N8O12.Co/c1-33(77-5)61(73)69-43-15-13-16-44(70-62(74)34(2)78-6)57(43)59-51-23-19-47(65-51)55(37-27-39(81-9)31-40(28-37)82-10)49-21-25-53(67-49)60(58-45(71-63(75)35(3)79-7)17-14-18-46(58)72-64(76)36(4)80-8)54-26-22-50(68-54)56(48-20-24-52(59)66-48)38-29-41(83-11)32-42(30-38)84-12;/h13-36H,1-12H3,(H6,65,66,67,68,69,70,71,72,73,74,75,76);/q;+2/p-2/t33-,34-,35-,36-;/m0./s1. The van der Waals surface area contributed by atoms with Gasteiger partial charge in [-0.2, -0.15) is 0 Å². The molecule has 0 saturated carbocycles. The van der Waals surface area contributed by atoms with Gasteiger partial charge in [0.05, 0.1) is 74.0 Å². The molecule has 8 bridgehead atoms. The number of hydrogen-bond donors (Lipinski definition) is 4. The third-order valence-corrected chi connectivity index (χ3v) is 14.4. The second-order valence-corrected chi connectivity index (χ2v) is 19.5. The summed E-state index contributed by atoms with van der Waals surface area (Å²) in [4.78, 5) is 77.4. The van der Waals surface area contributed by atoms with Crippen LogP contribution in [0.1, 0.15) is 50.5 Å². The van der Waals surface area contributed by atoms with Gasteiger partial charge in [-0.1, -0.05) is 36.4 Å². The van der Waals surface area contributed by atoms with Crippen molar-refractivity contribution in [2.75, 3.05) is 78.1 Å². The van der Waals surface area contributed by atoms with Crippen molar-refractivity contribution in [2.24, 2.45) is 0 Å². The van der Waals surface area contributed by atoms with Crippen LogP contribution in [0.25, 0.3) is 90.9 Å². The Balaban J connectivity index is 0.00000940. The molecule has 0 saturated heterocycles. The Labute approximate surface area is 501 Å². The minimum absolute atomic E-state index is 0. The van der Waals surface area contributed by atoms with Gasteiger partial charge in [-0.05, 0) is 134 Å². The first-order valence-corrected chi connectivity index (χ1v) is 26.7. The van der Waals surface area contributed by atoms with Crippen LogP contribution >= 0.6 is 0 Å². The summed E-state index contributed by atoms with van der Waals surface area (Å²) >= 11 is 0. The van der Waals surface area contributed by atoms with Gasteiger partial charge in [-0.3, -0.25) is 19.2 Å². The SMILES string of the molecule is COc1cc(OC)cc(-c2c3nc(c(-c4c(NC(=O)[C@H](C)OC)cccc4NC(=O)[C@H](C)OC)c4ccc([n-]4)c(-c4cc(OC)cc(OC)c4)c4nc(c(-c5c(NC(=O)[C@H](C)OC)cccc5NC(=O)[C@H](C)OC)c5ccc2[n-]5)C=C4)C=C3)c1.[Co+2]. The van der Waals surface area contributed by atoms with Crippen LogP contribution in [0.4, 0.5) is 22.7 Å². The summed E-state index contributed by atoms with van der Waals surface area (Å²) in [6, 6.07) is 28.5. The number of fused-ring (bicyclic) bond motifs is 8. The number of amides is 4. The molecule has 85 heavy (non-hydrogen) atoms. The summed E-state index contributed by atoms with van der Waals surface area (Å²) in [6.45, 7) is 6.50. The van der Waals surface area contributed by atoms with Gasteiger partial charge >= 0.3 is 16.8 Å². The molecule has 4 aromatic carbocycles. The van der Waals surface area contributed by atoms with E-state index in [1.165, 1.54) is 28.4 Å². The van der Waals surface area contributed by atoms with E-state index in [2.05, 4.69) is 21.3 Å². The largest absolute Gasteiger partial charge is 2.00 e. The van der Waals surface area contributed by atoms with E-state index >= 15 is 0 Å². The van der Waals surface area contributed by atoms with Crippen molar-refractivity contribution in [2.45, 2.75) is 52.1 Å². The van der Waals surface area contributed by atoms with Gasteiger partial charge in [0.25, 0.3) is 23.6 Å². The number of nitrogens with zero attached hydrogens (tertiary/aromatic N) is 4. The van der Waals surface area contributed by atoms with Crippen molar-refractivity contribution in [3.8, 4) is 67.5 Å². The van der Waals surface area contributed by atoms with Crippen LogP contribution in [0.5, 0.6) is 23.0 Å². The molecule has 2 aliphatic heterocycles. The van der Waals surface area contributed by atoms with Gasteiger partial charge in [0, 0.05) is 51.7 Å². The first-order chi connectivity index (χ1) is 40.5. The average molecular weight is 1200 g/mol. The van der Waals surface area contributed by atoms with Gasteiger partial charge < -0.3 is 69.1 Å². The van der Waals surface area contributed by atoms with Gasteiger partial charge in [0.15, 0.2) is 0 Å². The summed E-state index contributed by atoms with van der Waals surface area (Å²) in [5.74, 6) is 0.0769. The predicted octanol–water partition coefficient (Wildman–Crippen LogP) is 10.5. The molecule has 4 atom stereocenters. The normalized spacial score (nSPS) is 12.9. The van der Waals surface area contributed by atoms with E-state index in [1.807, 2.05) is 72.8 Å². The minimum Gasteiger partial charge on any atom is -0.657 e. The Bertz CT molecular complexity index is 3570. The Kier molecular flexibility index (Phi) is 19.7. The first-order valence-electron chi connectivity index (χ1n) is 26.7. The van der Waals surface area contributed by atoms with Gasteiger partial charge in [0.1, 0.15) is 47.4 Å². The van der Waals surface area contributed by atoms with Crippen LogP contribution in [-0.2, 0) is 54.9 Å². The number of carbonyl (C=O) groups is 4. The van der Waals surface area contributed by atoms with Gasteiger partial charge in [-0.15, -0.1) is 22.1 Å². The Morgan fingerprint density at radius 2 is 0.612 bits per heavy atom. The number of anilines is 4. The quantitative estimate of drug-likeness (QED) is 0.0554. The van der Waals surface area contributed by atoms with E-state index in [0.29, 0.717) is 135 Å². The number of nitrogens with one attached hydrogen (secondary N) is 4. The zero-order valence-electron chi connectivity index (χ0n) is 48.9. The maximum absolute atomic E-state index is 13.9. The molecule has 5 heterocycles. The number of carbonyl (C=O) groups excluding carboxylic acids is 4. The van der Waals surface area contributed by atoms with E-state index in [0.717, 1.165) is 0 Å². The van der Waals surface area contributed by atoms with E-state index in [4.69, 9.17) is 57.8 Å². The summed E-state index contributed by atoms with van der Waals surface area (Å²) in [5, 5.41) is 12.2. The second-order valence-electron chi connectivity index (χ2n) is 19.5. The van der Waals surface area contributed by atoms with E-state index in [9.17, 15) is 19.2 Å². The molecule has 0 spiro atoms. The van der Waals surface area contributed by atoms with Crippen LogP contribution in [0.3, 0.4) is 0 Å². The number of benzene rings is 4. The summed E-state index contributed by atoms with van der Waals surface area (Å²) in [5.41, 5.74) is 8.29. The molecule has 441 valence electrons. The molecule has 2 aliphatic rings. The van der Waals surface area contributed by atoms with E-state index in [-0.39, 0.29) is 16.8 Å². The molecule has 3 aromatic heterocycles. The zero-order valence-corrected chi connectivity index (χ0v) is 49.9. The molecule has 0 aliphatic carbocycles. The minimum atomic E-state index is -0.870. The number of methoxy groups -OCH3 is 8. The van der Waals surface area contributed by atoms with Crippen LogP contribution in [-0.4, -0.2) is 115 Å². The third-order valence-electron chi connectivity index (χ3n) is 14.4. The molecule has 0 fully saturated rings. The Hall–Kier alpha value is -9.09. The van der Waals surface area contributed by atoms with Crippen molar-refractivity contribution >= 4 is 92.7 Å². The number of rotatable bonds is 20. The van der Waals surface area contributed by atoms with E-state index < -0.39 is 48.0 Å². The van der Waals surface area contributed by atoms with Crippen LogP contribution in [0.15, 0.2) is 97.1 Å². The summed E-state index contributed by atoms with van der Waals surface area (Å²) in [7, 11) is 12.0. The molecule has 9 rings (SSSR count). The molecular weight excluding hydrogens is 1130 g/mol. The summed E-state index contributed by atoms with van der Waals surface area (Å²) in [6.07, 6.45) is 3.86.